The van der Waals surface area contributed by atoms with Crippen LogP contribution in [0.5, 0.6) is 0 Å². The summed E-state index contributed by atoms with van der Waals surface area (Å²) in [6.45, 7) is 3.56. The second-order valence-electron chi connectivity index (χ2n) is 6.63. The van der Waals surface area contributed by atoms with Crippen LogP contribution >= 0.6 is 0 Å². The minimum absolute atomic E-state index is 0.0330. The molecule has 2 aliphatic rings. The number of aliphatic hydroxyl groups is 2. The number of ketones is 1. The number of fused-ring (bicyclic) bond motifs is 1. The predicted octanol–water partition coefficient (Wildman–Crippen LogP) is 1.47. The monoisotopic (exact) mass is 310 g/mol. The molecule has 1 fully saturated rings. The molecule has 0 aromatic rings. The number of allylic oxidation sites excluding steroid dienone is 1. The Balaban J connectivity index is 2.09. The van der Waals surface area contributed by atoms with E-state index < -0.39 is 6.10 Å². The third-order valence-corrected chi connectivity index (χ3v) is 5.08. The van der Waals surface area contributed by atoms with Crippen molar-refractivity contribution in [3.8, 4) is 0 Å². The molecule has 0 aromatic heterocycles. The van der Waals surface area contributed by atoms with Crippen LogP contribution in [0.25, 0.3) is 0 Å². The van der Waals surface area contributed by atoms with Crippen molar-refractivity contribution < 1.29 is 24.5 Å². The van der Waals surface area contributed by atoms with Crippen LogP contribution in [-0.4, -0.2) is 41.3 Å². The van der Waals surface area contributed by atoms with Gasteiger partial charge in [-0.25, -0.2) is 0 Å². The number of aliphatic hydroxyl groups excluding tert-OH is 2. The molecule has 0 bridgehead atoms. The lowest BCUT2D eigenvalue weighted by atomic mass is 9.61. The summed E-state index contributed by atoms with van der Waals surface area (Å²) in [6.07, 6.45) is 3.94. The highest BCUT2D eigenvalue weighted by atomic mass is 16.5. The number of hydrogen-bond donors (Lipinski definition) is 2. The Labute approximate surface area is 131 Å². The largest absolute Gasteiger partial charge is 0.466 e. The quantitative estimate of drug-likeness (QED) is 0.593. The van der Waals surface area contributed by atoms with Gasteiger partial charge >= 0.3 is 5.97 Å². The maximum atomic E-state index is 12.3. The van der Waals surface area contributed by atoms with Gasteiger partial charge in [0, 0.05) is 25.9 Å². The molecule has 0 unspecified atom stereocenters. The Morgan fingerprint density at radius 3 is 2.68 bits per heavy atom. The standard InChI is InChI=1S/C17H26O5/c1-10-7-16(21)14-8-12(9-22-11(2)19)3-4-13(14)17(10)15(20)5-6-18/h7,12-14,16-18,21H,3-6,8-9H2,1-2H3/t12-,13-,14-,16+,17-/m0/s1. The van der Waals surface area contributed by atoms with Crippen LogP contribution in [0.1, 0.15) is 39.5 Å². The summed E-state index contributed by atoms with van der Waals surface area (Å²) in [6, 6.07) is 0. The average Bonchev–Trinajstić information content (AvgIpc) is 2.45. The van der Waals surface area contributed by atoms with E-state index in [1.165, 1.54) is 6.92 Å². The molecule has 22 heavy (non-hydrogen) atoms. The van der Waals surface area contributed by atoms with Gasteiger partial charge in [-0.3, -0.25) is 9.59 Å². The second kappa shape index (κ2) is 7.38. The van der Waals surface area contributed by atoms with Crippen LogP contribution in [-0.2, 0) is 14.3 Å². The fourth-order valence-corrected chi connectivity index (χ4v) is 4.11. The van der Waals surface area contributed by atoms with Gasteiger partial charge in [-0.2, -0.15) is 0 Å². The Hall–Kier alpha value is -1.20. The van der Waals surface area contributed by atoms with E-state index in [-0.39, 0.29) is 48.5 Å². The summed E-state index contributed by atoms with van der Waals surface area (Å²) in [5.74, 6) is 0.0170. The third-order valence-electron chi connectivity index (χ3n) is 5.08. The molecule has 0 heterocycles. The van der Waals surface area contributed by atoms with Crippen molar-refractivity contribution in [1.82, 2.24) is 0 Å². The number of Topliss-reactive ketones (excluding diaryl/α,β-unsaturated/α-hetero) is 1. The fraction of sp³-hybridized carbons (Fsp3) is 0.765. The second-order valence-corrected chi connectivity index (χ2v) is 6.63. The highest BCUT2D eigenvalue weighted by Gasteiger charge is 2.44. The summed E-state index contributed by atoms with van der Waals surface area (Å²) in [7, 11) is 0. The molecule has 1 saturated carbocycles. The molecule has 0 aromatic carbocycles. The molecule has 0 radical (unpaired) electrons. The SMILES string of the molecule is CC(=O)OC[C@H]1CC[C@@H]2[C@@H](C(=O)CCO)C(C)=C[C@@H](O)[C@H]2C1. The van der Waals surface area contributed by atoms with Crippen LogP contribution in [0.3, 0.4) is 0 Å². The summed E-state index contributed by atoms with van der Waals surface area (Å²) in [5.41, 5.74) is 0.922. The van der Waals surface area contributed by atoms with Crippen molar-refractivity contribution in [1.29, 1.82) is 0 Å². The first kappa shape index (κ1) is 17.2. The van der Waals surface area contributed by atoms with Crippen LogP contribution in [0.15, 0.2) is 11.6 Å². The lowest BCUT2D eigenvalue weighted by Gasteiger charge is -2.44. The molecule has 5 atom stereocenters. The number of carbonyl (C=O) groups excluding carboxylic acids is 2. The molecule has 0 spiro atoms. The maximum Gasteiger partial charge on any atom is 0.302 e. The van der Waals surface area contributed by atoms with Crippen LogP contribution in [0.4, 0.5) is 0 Å². The highest BCUT2D eigenvalue weighted by molar-refractivity contribution is 5.84. The van der Waals surface area contributed by atoms with Crippen LogP contribution in [0.2, 0.25) is 0 Å². The lowest BCUT2D eigenvalue weighted by molar-refractivity contribution is -0.143. The molecular weight excluding hydrogens is 284 g/mol. The van der Waals surface area contributed by atoms with Gasteiger partial charge in [0.15, 0.2) is 0 Å². The normalized spacial score (nSPS) is 34.5. The minimum Gasteiger partial charge on any atom is -0.466 e. The highest BCUT2D eigenvalue weighted by Crippen LogP contribution is 2.46. The maximum absolute atomic E-state index is 12.3. The summed E-state index contributed by atoms with van der Waals surface area (Å²) in [5, 5.41) is 19.4. The first-order chi connectivity index (χ1) is 10.4. The van der Waals surface area contributed by atoms with E-state index in [4.69, 9.17) is 9.84 Å². The molecule has 0 saturated heterocycles. The van der Waals surface area contributed by atoms with Gasteiger partial charge < -0.3 is 14.9 Å². The van der Waals surface area contributed by atoms with Crippen molar-refractivity contribution in [2.45, 2.75) is 45.6 Å². The van der Waals surface area contributed by atoms with E-state index in [2.05, 4.69) is 0 Å². The van der Waals surface area contributed by atoms with Gasteiger partial charge in [0.25, 0.3) is 0 Å². The number of esters is 1. The Morgan fingerprint density at radius 2 is 2.05 bits per heavy atom. The zero-order valence-corrected chi connectivity index (χ0v) is 13.3. The zero-order chi connectivity index (χ0) is 16.3. The van der Waals surface area contributed by atoms with Gasteiger partial charge in [-0.05, 0) is 43.9 Å². The van der Waals surface area contributed by atoms with E-state index in [9.17, 15) is 14.7 Å². The molecule has 0 aliphatic heterocycles. The first-order valence-electron chi connectivity index (χ1n) is 8.07. The molecule has 5 nitrogen and oxygen atoms in total. The molecule has 5 heteroatoms. The summed E-state index contributed by atoms with van der Waals surface area (Å²) < 4.78 is 5.09. The van der Waals surface area contributed by atoms with E-state index in [0.717, 1.165) is 24.8 Å². The molecule has 2 rings (SSSR count). The van der Waals surface area contributed by atoms with Crippen molar-refractivity contribution in [2.75, 3.05) is 13.2 Å². The van der Waals surface area contributed by atoms with E-state index in [1.54, 1.807) is 6.08 Å². The topological polar surface area (TPSA) is 83.8 Å². The van der Waals surface area contributed by atoms with Gasteiger partial charge in [0.1, 0.15) is 5.78 Å². The molecule has 124 valence electrons. The number of carbonyl (C=O) groups is 2. The lowest BCUT2D eigenvalue weighted by Crippen LogP contribution is -2.44. The van der Waals surface area contributed by atoms with E-state index in [0.29, 0.717) is 6.61 Å². The molecule has 2 aliphatic carbocycles. The fourth-order valence-electron chi connectivity index (χ4n) is 4.11. The van der Waals surface area contributed by atoms with Gasteiger partial charge in [-0.15, -0.1) is 0 Å². The van der Waals surface area contributed by atoms with Crippen molar-refractivity contribution >= 4 is 11.8 Å². The molecule has 2 N–H and O–H groups in total. The summed E-state index contributed by atoms with van der Waals surface area (Å²) >= 11 is 0. The van der Waals surface area contributed by atoms with Crippen LogP contribution in [0, 0.1) is 23.7 Å². The van der Waals surface area contributed by atoms with Crippen LogP contribution < -0.4 is 0 Å². The molecule has 0 amide bonds. The Bertz CT molecular complexity index is 456. The predicted molar refractivity (Wildman–Crippen MR) is 80.9 cm³/mol. The van der Waals surface area contributed by atoms with Crippen molar-refractivity contribution in [2.24, 2.45) is 23.7 Å². The van der Waals surface area contributed by atoms with Gasteiger partial charge in [-0.1, -0.05) is 11.6 Å². The Morgan fingerprint density at radius 1 is 1.32 bits per heavy atom. The third kappa shape index (κ3) is 3.76. The van der Waals surface area contributed by atoms with Gasteiger partial charge in [0.05, 0.1) is 12.7 Å². The first-order valence-corrected chi connectivity index (χ1v) is 8.07. The van der Waals surface area contributed by atoms with E-state index >= 15 is 0 Å². The number of ether oxygens (including phenoxy) is 1. The summed E-state index contributed by atoms with van der Waals surface area (Å²) in [4.78, 5) is 23.3. The van der Waals surface area contributed by atoms with Gasteiger partial charge in [0.2, 0.25) is 0 Å². The smallest absolute Gasteiger partial charge is 0.302 e. The minimum atomic E-state index is -0.539. The van der Waals surface area contributed by atoms with Crippen molar-refractivity contribution in [3.63, 3.8) is 0 Å². The van der Waals surface area contributed by atoms with E-state index in [1.807, 2.05) is 6.92 Å². The average molecular weight is 310 g/mol. The number of hydrogen-bond acceptors (Lipinski definition) is 5. The molecular formula is C17H26O5. The zero-order valence-electron chi connectivity index (χ0n) is 13.3. The number of rotatable bonds is 5. The van der Waals surface area contributed by atoms with Crippen molar-refractivity contribution in [3.05, 3.63) is 11.6 Å². The Kier molecular flexibility index (Phi) is 5.75.